The Bertz CT molecular complexity index is 571. The summed E-state index contributed by atoms with van der Waals surface area (Å²) in [5.74, 6) is -1.72. The van der Waals surface area contributed by atoms with Gasteiger partial charge in [-0.05, 0) is 13.0 Å². The van der Waals surface area contributed by atoms with Gasteiger partial charge in [-0.1, -0.05) is 5.16 Å². The summed E-state index contributed by atoms with van der Waals surface area (Å²) in [5, 5.41) is 3.49. The van der Waals surface area contributed by atoms with Crippen molar-refractivity contribution in [1.82, 2.24) is 10.1 Å². The molecule has 18 heavy (non-hydrogen) atoms. The number of halogens is 3. The fourth-order valence-electron chi connectivity index (χ4n) is 1.29. The lowest BCUT2D eigenvalue weighted by Crippen LogP contribution is -2.24. The van der Waals surface area contributed by atoms with Gasteiger partial charge in [0.1, 0.15) is 5.76 Å². The number of furan rings is 1. The molecule has 2 aromatic rings. The highest BCUT2D eigenvalue weighted by Gasteiger charge is 2.39. The van der Waals surface area contributed by atoms with Crippen molar-refractivity contribution in [2.45, 2.75) is 19.5 Å². The van der Waals surface area contributed by atoms with Crippen molar-refractivity contribution in [1.29, 1.82) is 0 Å². The van der Waals surface area contributed by atoms with Gasteiger partial charge in [-0.3, -0.25) is 4.79 Å². The lowest BCUT2D eigenvalue weighted by Gasteiger charge is -2.00. The normalized spacial score (nSPS) is 11.8. The molecule has 0 aromatic carbocycles. The molecule has 0 N–H and O–H groups in total. The Morgan fingerprint density at radius 2 is 2.17 bits per heavy atom. The highest BCUT2D eigenvalue weighted by atomic mass is 19.4. The van der Waals surface area contributed by atoms with Crippen LogP contribution in [0.3, 0.4) is 0 Å². The molecule has 0 amide bonds. The second-order valence-electron chi connectivity index (χ2n) is 3.50. The Morgan fingerprint density at radius 1 is 1.44 bits per heavy atom. The van der Waals surface area contributed by atoms with E-state index in [1.165, 1.54) is 6.26 Å². The number of Topliss-reactive ketones (excluding diaryl/α,β-unsaturated/α-hetero) is 1. The lowest BCUT2D eigenvalue weighted by molar-refractivity contribution is -0.170. The Balaban J connectivity index is 2.17. The van der Waals surface area contributed by atoms with E-state index in [2.05, 4.69) is 14.7 Å². The van der Waals surface area contributed by atoms with Crippen molar-refractivity contribution >= 4 is 5.78 Å². The van der Waals surface area contributed by atoms with E-state index < -0.39 is 18.4 Å². The minimum Gasteiger partial charge on any atom is -0.469 e. The summed E-state index contributed by atoms with van der Waals surface area (Å²) in [6.07, 6.45) is -4.48. The van der Waals surface area contributed by atoms with Crippen LogP contribution in [-0.2, 0) is 11.2 Å². The molecule has 2 heterocycles. The van der Waals surface area contributed by atoms with Crippen LogP contribution < -0.4 is 0 Å². The van der Waals surface area contributed by atoms with Gasteiger partial charge in [-0.25, -0.2) is 0 Å². The number of ketones is 1. The lowest BCUT2D eigenvalue weighted by atomic mass is 10.2. The van der Waals surface area contributed by atoms with Crippen molar-refractivity contribution in [2.75, 3.05) is 0 Å². The Kier molecular flexibility index (Phi) is 2.93. The van der Waals surface area contributed by atoms with Gasteiger partial charge in [-0.2, -0.15) is 18.2 Å². The van der Waals surface area contributed by atoms with Crippen LogP contribution in [0.25, 0.3) is 11.4 Å². The Hall–Kier alpha value is -2.12. The molecule has 2 rings (SSSR count). The van der Waals surface area contributed by atoms with Crippen molar-refractivity contribution < 1.29 is 26.9 Å². The maximum Gasteiger partial charge on any atom is 0.450 e. The van der Waals surface area contributed by atoms with E-state index in [0.717, 1.165) is 0 Å². The number of carbonyl (C=O) groups is 1. The first kappa shape index (κ1) is 12.3. The van der Waals surface area contributed by atoms with Crippen LogP contribution in [0.4, 0.5) is 13.2 Å². The zero-order chi connectivity index (χ0) is 13.3. The minimum atomic E-state index is -4.90. The van der Waals surface area contributed by atoms with E-state index in [1.54, 1.807) is 13.0 Å². The highest BCUT2D eigenvalue weighted by molar-refractivity contribution is 5.85. The molecule has 0 radical (unpaired) electrons. The number of hydrogen-bond acceptors (Lipinski definition) is 5. The number of carbonyl (C=O) groups excluding carboxylic acids is 1. The molecule has 0 bridgehead atoms. The Morgan fingerprint density at radius 3 is 2.72 bits per heavy atom. The van der Waals surface area contributed by atoms with Gasteiger partial charge >= 0.3 is 6.18 Å². The van der Waals surface area contributed by atoms with E-state index in [4.69, 9.17) is 4.42 Å². The number of alkyl halides is 3. The molecule has 0 atom stereocenters. The fraction of sp³-hybridized carbons (Fsp3) is 0.300. The summed E-state index contributed by atoms with van der Waals surface area (Å²) in [6, 6.07) is 1.55. The van der Waals surface area contributed by atoms with Gasteiger partial charge in [0, 0.05) is 0 Å². The SMILES string of the molecule is Cc1occc1-c1noc(CC(=O)C(F)(F)F)n1. The summed E-state index contributed by atoms with van der Waals surface area (Å²) in [5.41, 5.74) is 0.504. The monoisotopic (exact) mass is 260 g/mol. The van der Waals surface area contributed by atoms with Crippen molar-refractivity contribution in [3.05, 3.63) is 24.0 Å². The number of aryl methyl sites for hydroxylation is 1. The molecule has 0 saturated carbocycles. The third kappa shape index (κ3) is 2.41. The molecular weight excluding hydrogens is 253 g/mol. The van der Waals surface area contributed by atoms with E-state index in [1.807, 2.05) is 0 Å². The van der Waals surface area contributed by atoms with Gasteiger partial charge < -0.3 is 8.94 Å². The second kappa shape index (κ2) is 4.28. The third-order valence-electron chi connectivity index (χ3n) is 2.20. The summed E-state index contributed by atoms with van der Waals surface area (Å²) in [6.45, 7) is 1.65. The fourth-order valence-corrected chi connectivity index (χ4v) is 1.29. The number of rotatable bonds is 3. The van der Waals surface area contributed by atoms with E-state index in [-0.39, 0.29) is 11.7 Å². The van der Waals surface area contributed by atoms with Crippen LogP contribution in [0.2, 0.25) is 0 Å². The molecule has 0 aliphatic carbocycles. The first-order valence-corrected chi connectivity index (χ1v) is 4.85. The zero-order valence-corrected chi connectivity index (χ0v) is 9.11. The molecule has 0 aliphatic heterocycles. The van der Waals surface area contributed by atoms with Crippen LogP contribution in [0.15, 0.2) is 21.3 Å². The van der Waals surface area contributed by atoms with Crippen LogP contribution in [0, 0.1) is 6.92 Å². The van der Waals surface area contributed by atoms with Crippen molar-refractivity contribution in [3.8, 4) is 11.4 Å². The molecule has 8 heteroatoms. The predicted molar refractivity (Wildman–Crippen MR) is 51.5 cm³/mol. The summed E-state index contributed by atoms with van der Waals surface area (Å²) in [7, 11) is 0. The van der Waals surface area contributed by atoms with Crippen molar-refractivity contribution in [3.63, 3.8) is 0 Å². The van der Waals surface area contributed by atoms with Crippen LogP contribution in [0.5, 0.6) is 0 Å². The predicted octanol–water partition coefficient (Wildman–Crippen LogP) is 2.31. The molecule has 0 fully saturated rings. The summed E-state index contributed by atoms with van der Waals surface area (Å²) >= 11 is 0. The molecule has 96 valence electrons. The summed E-state index contributed by atoms with van der Waals surface area (Å²) in [4.78, 5) is 14.4. The quantitative estimate of drug-likeness (QED) is 0.846. The molecule has 0 unspecified atom stereocenters. The third-order valence-corrected chi connectivity index (χ3v) is 2.20. The maximum absolute atomic E-state index is 12.0. The standard InChI is InChI=1S/C10H7F3N2O3/c1-5-6(2-3-17-5)9-14-8(18-15-9)4-7(16)10(11,12)13/h2-3H,4H2,1H3. The zero-order valence-electron chi connectivity index (χ0n) is 9.11. The van der Waals surface area contributed by atoms with Crippen LogP contribution in [0.1, 0.15) is 11.7 Å². The van der Waals surface area contributed by atoms with Gasteiger partial charge in [0.05, 0.1) is 18.2 Å². The summed E-state index contributed by atoms with van der Waals surface area (Å²) < 4.78 is 45.7. The minimum absolute atomic E-state index is 0.0891. The number of nitrogens with zero attached hydrogens (tertiary/aromatic N) is 2. The van der Waals surface area contributed by atoms with Gasteiger partial charge in [0.15, 0.2) is 0 Å². The first-order valence-electron chi connectivity index (χ1n) is 4.85. The molecule has 0 saturated heterocycles. The van der Waals surface area contributed by atoms with Crippen molar-refractivity contribution in [2.24, 2.45) is 0 Å². The van der Waals surface area contributed by atoms with Gasteiger partial charge in [0.25, 0.3) is 0 Å². The molecule has 2 aromatic heterocycles. The average Bonchev–Trinajstić information content (AvgIpc) is 2.85. The van der Waals surface area contributed by atoms with E-state index >= 15 is 0 Å². The van der Waals surface area contributed by atoms with Gasteiger partial charge in [-0.15, -0.1) is 0 Å². The number of aromatic nitrogens is 2. The first-order chi connectivity index (χ1) is 8.38. The molecule has 5 nitrogen and oxygen atoms in total. The van der Waals surface area contributed by atoms with E-state index in [0.29, 0.717) is 11.3 Å². The second-order valence-corrected chi connectivity index (χ2v) is 3.50. The topological polar surface area (TPSA) is 69.1 Å². The highest BCUT2D eigenvalue weighted by Crippen LogP contribution is 2.22. The van der Waals surface area contributed by atoms with Crippen LogP contribution in [-0.4, -0.2) is 22.1 Å². The van der Waals surface area contributed by atoms with E-state index in [9.17, 15) is 18.0 Å². The average molecular weight is 260 g/mol. The van der Waals surface area contributed by atoms with Gasteiger partial charge in [0.2, 0.25) is 17.5 Å². The molecule has 0 aliphatic rings. The maximum atomic E-state index is 12.0. The van der Waals surface area contributed by atoms with Crippen LogP contribution >= 0.6 is 0 Å². The largest absolute Gasteiger partial charge is 0.469 e. The smallest absolute Gasteiger partial charge is 0.450 e. The molecule has 0 spiro atoms. The Labute approximate surface area is 98.6 Å². The number of hydrogen-bond donors (Lipinski definition) is 0. The molecular formula is C10H7F3N2O3.